The number of carbonyl (C=O) groups excluding carboxylic acids is 1. The number of rotatable bonds is 5. The highest BCUT2D eigenvalue weighted by Gasteiger charge is 2.16. The van der Waals surface area contributed by atoms with Crippen LogP contribution < -0.4 is 5.32 Å². The average molecular weight is 188 g/mol. The lowest BCUT2D eigenvalue weighted by Crippen LogP contribution is -2.46. The highest BCUT2D eigenvalue weighted by atomic mass is 16.5. The smallest absolute Gasteiger partial charge is 0.238 e. The number of amides is 1. The molecule has 0 aromatic heterocycles. The van der Waals surface area contributed by atoms with Crippen molar-refractivity contribution in [3.8, 4) is 0 Å². The van der Waals surface area contributed by atoms with Crippen LogP contribution in [0.1, 0.15) is 13.8 Å². The second-order valence-electron chi connectivity index (χ2n) is 3.48. The van der Waals surface area contributed by atoms with Gasteiger partial charge in [-0.3, -0.25) is 4.79 Å². The first kappa shape index (κ1) is 12.4. The lowest BCUT2D eigenvalue weighted by molar-refractivity contribution is -0.130. The SMILES string of the molecule is COCC(C)N[C@H](C)C(=O)N(C)C. The summed E-state index contributed by atoms with van der Waals surface area (Å²) in [6, 6.07) is 0.0454. The topological polar surface area (TPSA) is 41.6 Å². The van der Waals surface area contributed by atoms with E-state index in [1.807, 2.05) is 13.8 Å². The summed E-state index contributed by atoms with van der Waals surface area (Å²) in [5.74, 6) is 0.0861. The Balaban J connectivity index is 3.85. The summed E-state index contributed by atoms with van der Waals surface area (Å²) < 4.78 is 4.96. The zero-order valence-corrected chi connectivity index (χ0v) is 9.13. The second-order valence-corrected chi connectivity index (χ2v) is 3.48. The van der Waals surface area contributed by atoms with Crippen molar-refractivity contribution in [2.24, 2.45) is 0 Å². The highest BCUT2D eigenvalue weighted by molar-refractivity contribution is 5.80. The molecule has 0 heterocycles. The third kappa shape index (κ3) is 4.85. The molecule has 2 atom stereocenters. The molecule has 0 aliphatic rings. The van der Waals surface area contributed by atoms with E-state index < -0.39 is 0 Å². The molecular weight excluding hydrogens is 168 g/mol. The minimum Gasteiger partial charge on any atom is -0.383 e. The first-order valence-corrected chi connectivity index (χ1v) is 4.45. The maximum Gasteiger partial charge on any atom is 0.238 e. The van der Waals surface area contributed by atoms with Gasteiger partial charge in [0.05, 0.1) is 12.6 Å². The van der Waals surface area contributed by atoms with Crippen molar-refractivity contribution in [3.05, 3.63) is 0 Å². The van der Waals surface area contributed by atoms with Crippen LogP contribution in [0.25, 0.3) is 0 Å². The van der Waals surface area contributed by atoms with Crippen LogP contribution in [0.3, 0.4) is 0 Å². The molecule has 78 valence electrons. The summed E-state index contributed by atoms with van der Waals surface area (Å²) in [5, 5.41) is 3.15. The van der Waals surface area contributed by atoms with Gasteiger partial charge in [0, 0.05) is 27.2 Å². The van der Waals surface area contributed by atoms with E-state index in [-0.39, 0.29) is 18.0 Å². The van der Waals surface area contributed by atoms with E-state index in [0.717, 1.165) is 0 Å². The van der Waals surface area contributed by atoms with Gasteiger partial charge in [-0.15, -0.1) is 0 Å². The number of likely N-dealkylation sites (N-methyl/N-ethyl adjacent to an activating group) is 1. The number of carbonyl (C=O) groups is 1. The zero-order valence-electron chi connectivity index (χ0n) is 9.13. The van der Waals surface area contributed by atoms with Crippen LogP contribution in [0.2, 0.25) is 0 Å². The third-order valence-corrected chi connectivity index (χ3v) is 1.76. The molecule has 0 saturated heterocycles. The molecular formula is C9H20N2O2. The van der Waals surface area contributed by atoms with E-state index in [9.17, 15) is 4.79 Å². The van der Waals surface area contributed by atoms with Gasteiger partial charge in [-0.1, -0.05) is 0 Å². The molecule has 0 spiro atoms. The van der Waals surface area contributed by atoms with Crippen LogP contribution in [-0.2, 0) is 9.53 Å². The first-order chi connectivity index (χ1) is 5.99. The number of ether oxygens (including phenoxy) is 1. The van der Waals surface area contributed by atoms with Gasteiger partial charge in [-0.2, -0.15) is 0 Å². The van der Waals surface area contributed by atoms with Crippen molar-refractivity contribution >= 4 is 5.91 Å². The summed E-state index contributed by atoms with van der Waals surface area (Å²) in [4.78, 5) is 13.0. The van der Waals surface area contributed by atoms with Gasteiger partial charge in [-0.25, -0.2) is 0 Å². The van der Waals surface area contributed by atoms with Gasteiger partial charge in [0.2, 0.25) is 5.91 Å². The van der Waals surface area contributed by atoms with Crippen LogP contribution in [0.4, 0.5) is 0 Å². The van der Waals surface area contributed by atoms with Crippen LogP contribution in [-0.4, -0.2) is 50.7 Å². The Morgan fingerprint density at radius 1 is 1.46 bits per heavy atom. The van der Waals surface area contributed by atoms with Gasteiger partial charge in [0.15, 0.2) is 0 Å². The molecule has 1 amide bonds. The van der Waals surface area contributed by atoms with E-state index in [2.05, 4.69) is 5.32 Å². The van der Waals surface area contributed by atoms with E-state index in [0.29, 0.717) is 6.61 Å². The van der Waals surface area contributed by atoms with Crippen molar-refractivity contribution in [3.63, 3.8) is 0 Å². The predicted octanol–water partition coefficient (Wildman–Crippen LogP) is 0.0876. The van der Waals surface area contributed by atoms with E-state index in [1.54, 1.807) is 26.1 Å². The van der Waals surface area contributed by atoms with Crippen LogP contribution in [0.5, 0.6) is 0 Å². The van der Waals surface area contributed by atoms with Gasteiger partial charge >= 0.3 is 0 Å². The van der Waals surface area contributed by atoms with Gasteiger partial charge < -0.3 is 15.0 Å². The fourth-order valence-corrected chi connectivity index (χ4v) is 1.18. The fourth-order valence-electron chi connectivity index (χ4n) is 1.18. The van der Waals surface area contributed by atoms with E-state index in [1.165, 1.54) is 0 Å². The molecule has 0 fully saturated rings. The van der Waals surface area contributed by atoms with Gasteiger partial charge in [0.1, 0.15) is 0 Å². The Morgan fingerprint density at radius 3 is 2.38 bits per heavy atom. The van der Waals surface area contributed by atoms with Crippen LogP contribution in [0.15, 0.2) is 0 Å². The van der Waals surface area contributed by atoms with Crippen LogP contribution in [0, 0.1) is 0 Å². The molecule has 0 aliphatic carbocycles. The summed E-state index contributed by atoms with van der Waals surface area (Å²) in [6.45, 7) is 4.46. The zero-order chi connectivity index (χ0) is 10.4. The van der Waals surface area contributed by atoms with Crippen molar-refractivity contribution in [2.45, 2.75) is 25.9 Å². The fraction of sp³-hybridized carbons (Fsp3) is 0.889. The standard InChI is InChI=1S/C9H20N2O2/c1-7(6-13-5)10-8(2)9(12)11(3)4/h7-8,10H,6H2,1-5H3/t7?,8-/m1/s1. The molecule has 0 aromatic carbocycles. The minimum atomic E-state index is -0.153. The number of hydrogen-bond donors (Lipinski definition) is 1. The number of nitrogens with zero attached hydrogens (tertiary/aromatic N) is 1. The average Bonchev–Trinajstić information content (AvgIpc) is 2.03. The molecule has 4 heteroatoms. The summed E-state index contributed by atoms with van der Waals surface area (Å²) in [6.07, 6.45) is 0. The van der Waals surface area contributed by atoms with Crippen molar-refractivity contribution in [2.75, 3.05) is 27.8 Å². The number of nitrogens with one attached hydrogen (secondary N) is 1. The maximum absolute atomic E-state index is 11.4. The Bertz CT molecular complexity index is 160. The normalized spacial score (nSPS) is 15.2. The molecule has 0 bridgehead atoms. The van der Waals surface area contributed by atoms with Gasteiger partial charge in [0.25, 0.3) is 0 Å². The first-order valence-electron chi connectivity index (χ1n) is 4.45. The number of hydrogen-bond acceptors (Lipinski definition) is 3. The molecule has 1 unspecified atom stereocenters. The molecule has 4 nitrogen and oxygen atoms in total. The monoisotopic (exact) mass is 188 g/mol. The maximum atomic E-state index is 11.4. The number of methoxy groups -OCH3 is 1. The third-order valence-electron chi connectivity index (χ3n) is 1.76. The lowest BCUT2D eigenvalue weighted by atomic mass is 10.2. The molecule has 0 radical (unpaired) electrons. The largest absolute Gasteiger partial charge is 0.383 e. The van der Waals surface area contributed by atoms with Crippen LogP contribution >= 0.6 is 0 Å². The van der Waals surface area contributed by atoms with Crippen molar-refractivity contribution < 1.29 is 9.53 Å². The molecule has 0 saturated carbocycles. The highest BCUT2D eigenvalue weighted by Crippen LogP contribution is 1.92. The predicted molar refractivity (Wildman–Crippen MR) is 52.6 cm³/mol. The molecule has 0 aromatic rings. The quantitative estimate of drug-likeness (QED) is 0.664. The van der Waals surface area contributed by atoms with Crippen molar-refractivity contribution in [1.82, 2.24) is 10.2 Å². The Kier molecular flexibility index (Phi) is 5.66. The molecule has 13 heavy (non-hydrogen) atoms. The molecule has 0 rings (SSSR count). The Labute approximate surface area is 80.2 Å². The second kappa shape index (κ2) is 5.94. The van der Waals surface area contributed by atoms with Crippen molar-refractivity contribution in [1.29, 1.82) is 0 Å². The van der Waals surface area contributed by atoms with E-state index in [4.69, 9.17) is 4.74 Å². The van der Waals surface area contributed by atoms with E-state index >= 15 is 0 Å². The lowest BCUT2D eigenvalue weighted by Gasteiger charge is -2.21. The summed E-state index contributed by atoms with van der Waals surface area (Å²) in [5.41, 5.74) is 0. The van der Waals surface area contributed by atoms with Gasteiger partial charge in [-0.05, 0) is 13.8 Å². The molecule has 0 aliphatic heterocycles. The summed E-state index contributed by atoms with van der Waals surface area (Å²) in [7, 11) is 5.15. The molecule has 1 N–H and O–H groups in total. The Morgan fingerprint density at radius 2 is 2.00 bits per heavy atom. The summed E-state index contributed by atoms with van der Waals surface area (Å²) >= 11 is 0. The Hall–Kier alpha value is -0.610. The minimum absolute atomic E-state index is 0.0861.